The van der Waals surface area contributed by atoms with Crippen LogP contribution in [0.25, 0.3) is 0 Å². The van der Waals surface area contributed by atoms with Crippen molar-refractivity contribution in [1.29, 1.82) is 0 Å². The van der Waals surface area contributed by atoms with E-state index in [0.29, 0.717) is 10.5 Å². The highest BCUT2D eigenvalue weighted by atomic mass is 79.9. The molecule has 0 aliphatic carbocycles. The summed E-state index contributed by atoms with van der Waals surface area (Å²) in [6, 6.07) is 0.192. The Labute approximate surface area is 122 Å². The van der Waals surface area contributed by atoms with Crippen LogP contribution in [0.15, 0.2) is 27.4 Å². The molecule has 1 aliphatic rings. The van der Waals surface area contributed by atoms with Crippen LogP contribution < -0.4 is 0 Å². The van der Waals surface area contributed by atoms with Gasteiger partial charge in [-0.25, -0.2) is 0 Å². The molecule has 0 saturated heterocycles. The largest absolute Gasteiger partial charge is 0.383 e. The molecule has 19 heavy (non-hydrogen) atoms. The lowest BCUT2D eigenvalue weighted by atomic mass is 9.94. The SMILES string of the molecule is CCC1C=C(C(O)c2cn(C)nc2Br)C(C(C)C)=N1. The first-order valence-electron chi connectivity index (χ1n) is 6.60. The molecule has 2 rings (SSSR count). The first kappa shape index (κ1) is 14.5. The van der Waals surface area contributed by atoms with Crippen LogP contribution in [0.5, 0.6) is 0 Å². The molecule has 0 radical (unpaired) electrons. The fourth-order valence-corrected chi connectivity index (χ4v) is 2.91. The Morgan fingerprint density at radius 1 is 1.47 bits per heavy atom. The standard InChI is InChI=1S/C14H20BrN3O/c1-5-9-6-10(12(16-9)8(2)3)13(19)11-7-18(4)17-14(11)15/h6-9,13,19H,5H2,1-4H3. The van der Waals surface area contributed by atoms with Gasteiger partial charge in [0.1, 0.15) is 10.7 Å². The summed E-state index contributed by atoms with van der Waals surface area (Å²) in [4.78, 5) is 4.69. The maximum absolute atomic E-state index is 10.6. The van der Waals surface area contributed by atoms with Crippen molar-refractivity contribution in [3.63, 3.8) is 0 Å². The number of rotatable bonds is 4. The molecule has 0 saturated carbocycles. The van der Waals surface area contributed by atoms with Gasteiger partial charge >= 0.3 is 0 Å². The molecule has 0 bridgehead atoms. The Morgan fingerprint density at radius 3 is 2.63 bits per heavy atom. The molecular weight excluding hydrogens is 306 g/mol. The molecule has 0 aromatic carbocycles. The second-order valence-electron chi connectivity index (χ2n) is 5.22. The van der Waals surface area contributed by atoms with Gasteiger partial charge in [0.25, 0.3) is 0 Å². The van der Waals surface area contributed by atoms with Crippen molar-refractivity contribution >= 4 is 21.6 Å². The van der Waals surface area contributed by atoms with Crippen LogP contribution in [-0.4, -0.2) is 26.6 Å². The zero-order chi connectivity index (χ0) is 14.2. The van der Waals surface area contributed by atoms with E-state index in [4.69, 9.17) is 4.99 Å². The molecule has 2 unspecified atom stereocenters. The van der Waals surface area contributed by atoms with E-state index in [9.17, 15) is 5.11 Å². The highest BCUT2D eigenvalue weighted by Gasteiger charge is 2.28. The van der Waals surface area contributed by atoms with Crippen LogP contribution in [-0.2, 0) is 7.05 Å². The quantitative estimate of drug-likeness (QED) is 0.925. The van der Waals surface area contributed by atoms with Gasteiger partial charge in [0.2, 0.25) is 0 Å². The average molecular weight is 326 g/mol. The molecule has 0 fully saturated rings. The Morgan fingerprint density at radius 2 is 2.16 bits per heavy atom. The zero-order valence-corrected chi connectivity index (χ0v) is 13.3. The van der Waals surface area contributed by atoms with Crippen molar-refractivity contribution in [3.05, 3.63) is 28.0 Å². The molecule has 104 valence electrons. The van der Waals surface area contributed by atoms with Gasteiger partial charge in [0, 0.05) is 30.1 Å². The van der Waals surface area contributed by atoms with Gasteiger partial charge in [0.15, 0.2) is 0 Å². The van der Waals surface area contributed by atoms with E-state index in [1.165, 1.54) is 0 Å². The lowest BCUT2D eigenvalue weighted by molar-refractivity contribution is 0.220. The normalized spacial score (nSPS) is 20.7. The van der Waals surface area contributed by atoms with Gasteiger partial charge in [-0.15, -0.1) is 0 Å². The van der Waals surface area contributed by atoms with Crippen LogP contribution in [0.4, 0.5) is 0 Å². The van der Waals surface area contributed by atoms with Crippen LogP contribution >= 0.6 is 15.9 Å². The molecule has 2 atom stereocenters. The van der Waals surface area contributed by atoms with E-state index in [-0.39, 0.29) is 6.04 Å². The van der Waals surface area contributed by atoms with E-state index in [1.807, 2.05) is 13.2 Å². The third kappa shape index (κ3) is 2.82. The van der Waals surface area contributed by atoms with Gasteiger partial charge in [-0.3, -0.25) is 9.67 Å². The van der Waals surface area contributed by atoms with Gasteiger partial charge in [-0.2, -0.15) is 5.10 Å². The predicted octanol–water partition coefficient (Wildman–Crippen LogP) is 3.03. The second-order valence-corrected chi connectivity index (χ2v) is 5.97. The maximum atomic E-state index is 10.6. The minimum absolute atomic E-state index is 0.192. The van der Waals surface area contributed by atoms with E-state index < -0.39 is 6.10 Å². The summed E-state index contributed by atoms with van der Waals surface area (Å²) in [5.41, 5.74) is 2.73. The van der Waals surface area contributed by atoms with Crippen molar-refractivity contribution < 1.29 is 5.11 Å². The molecule has 2 heterocycles. The van der Waals surface area contributed by atoms with Crippen molar-refractivity contribution in [1.82, 2.24) is 9.78 Å². The van der Waals surface area contributed by atoms with Gasteiger partial charge < -0.3 is 5.11 Å². The summed E-state index contributed by atoms with van der Waals surface area (Å²) in [5, 5.41) is 14.8. The number of halogens is 1. The van der Waals surface area contributed by atoms with E-state index in [1.54, 1.807) is 4.68 Å². The fourth-order valence-electron chi connectivity index (χ4n) is 2.34. The third-order valence-electron chi connectivity index (χ3n) is 3.34. The van der Waals surface area contributed by atoms with Gasteiger partial charge in [0.05, 0.1) is 6.04 Å². The Hall–Kier alpha value is -0.940. The smallest absolute Gasteiger partial charge is 0.134 e. The Kier molecular flexibility index (Phi) is 4.26. The lowest BCUT2D eigenvalue weighted by Crippen LogP contribution is -2.14. The third-order valence-corrected chi connectivity index (χ3v) is 3.95. The van der Waals surface area contributed by atoms with Crippen LogP contribution in [0.3, 0.4) is 0 Å². The molecule has 1 aliphatic heterocycles. The number of aromatic nitrogens is 2. The number of hydrogen-bond donors (Lipinski definition) is 1. The predicted molar refractivity (Wildman–Crippen MR) is 80.3 cm³/mol. The first-order valence-corrected chi connectivity index (χ1v) is 7.40. The van der Waals surface area contributed by atoms with Gasteiger partial charge in [-0.05, 0) is 28.3 Å². The van der Waals surface area contributed by atoms with Crippen molar-refractivity contribution in [2.75, 3.05) is 0 Å². The summed E-state index contributed by atoms with van der Waals surface area (Å²) in [7, 11) is 1.84. The number of aliphatic hydroxyl groups excluding tert-OH is 1. The van der Waals surface area contributed by atoms with Crippen molar-refractivity contribution in [2.45, 2.75) is 39.3 Å². The van der Waals surface area contributed by atoms with E-state index >= 15 is 0 Å². The first-order chi connectivity index (χ1) is 8.93. The van der Waals surface area contributed by atoms with Crippen LogP contribution in [0, 0.1) is 5.92 Å². The summed E-state index contributed by atoms with van der Waals surface area (Å²) in [6.07, 6.45) is 4.22. The molecule has 1 aromatic heterocycles. The van der Waals surface area contributed by atoms with Crippen molar-refractivity contribution in [2.24, 2.45) is 18.0 Å². The number of hydrogen-bond acceptors (Lipinski definition) is 3. The second kappa shape index (κ2) is 5.59. The molecule has 1 aromatic rings. The zero-order valence-electron chi connectivity index (χ0n) is 11.8. The minimum Gasteiger partial charge on any atom is -0.383 e. The molecule has 0 spiro atoms. The monoisotopic (exact) mass is 325 g/mol. The Balaban J connectivity index is 2.35. The summed E-state index contributed by atoms with van der Waals surface area (Å²) in [5.74, 6) is 0.313. The highest BCUT2D eigenvalue weighted by molar-refractivity contribution is 9.10. The summed E-state index contributed by atoms with van der Waals surface area (Å²) in [6.45, 7) is 6.32. The molecule has 0 amide bonds. The average Bonchev–Trinajstić information content (AvgIpc) is 2.91. The van der Waals surface area contributed by atoms with Crippen molar-refractivity contribution in [3.8, 4) is 0 Å². The number of aliphatic imine (C=N–C) groups is 1. The summed E-state index contributed by atoms with van der Waals surface area (Å²) < 4.78 is 2.38. The highest BCUT2D eigenvalue weighted by Crippen LogP contribution is 2.33. The van der Waals surface area contributed by atoms with E-state index in [0.717, 1.165) is 23.3 Å². The number of aryl methyl sites for hydroxylation is 1. The van der Waals surface area contributed by atoms with Crippen LogP contribution in [0.1, 0.15) is 38.9 Å². The molecule has 4 nitrogen and oxygen atoms in total. The number of aliphatic hydroxyl groups is 1. The lowest BCUT2D eigenvalue weighted by Gasteiger charge is -2.15. The van der Waals surface area contributed by atoms with Gasteiger partial charge in [-0.1, -0.05) is 26.8 Å². The molecular formula is C14H20BrN3O. The fraction of sp³-hybridized carbons (Fsp3) is 0.571. The Bertz CT molecular complexity index is 531. The molecule has 1 N–H and O–H groups in total. The number of nitrogens with zero attached hydrogens (tertiary/aromatic N) is 3. The maximum Gasteiger partial charge on any atom is 0.134 e. The van der Waals surface area contributed by atoms with Crippen LogP contribution in [0.2, 0.25) is 0 Å². The topological polar surface area (TPSA) is 50.4 Å². The van der Waals surface area contributed by atoms with E-state index in [2.05, 4.69) is 47.9 Å². The minimum atomic E-state index is -0.666. The molecule has 5 heteroatoms. The summed E-state index contributed by atoms with van der Waals surface area (Å²) >= 11 is 3.39.